The summed E-state index contributed by atoms with van der Waals surface area (Å²) in [7, 11) is 0. The molecule has 0 fully saturated rings. The van der Waals surface area contributed by atoms with Crippen molar-refractivity contribution >= 4 is 0 Å². The van der Waals surface area contributed by atoms with Crippen molar-refractivity contribution < 1.29 is 0 Å². The van der Waals surface area contributed by atoms with Crippen molar-refractivity contribution in [2.75, 3.05) is 0 Å². The highest BCUT2D eigenvalue weighted by molar-refractivity contribution is 5.76. The zero-order valence-electron chi connectivity index (χ0n) is 16.0. The molecule has 0 radical (unpaired) electrons. The molecule has 1 heterocycles. The molecular weight excluding hydrogens is 326 g/mol. The Morgan fingerprint density at radius 2 is 0.741 bits per heavy atom. The van der Waals surface area contributed by atoms with Crippen molar-refractivity contribution in [2.45, 2.75) is 20.8 Å². The average molecular weight is 349 g/mol. The van der Waals surface area contributed by atoms with Gasteiger partial charge >= 0.3 is 0 Å². The van der Waals surface area contributed by atoms with Gasteiger partial charge in [-0.2, -0.15) is 0 Å². The molecule has 0 unspecified atom stereocenters. The summed E-state index contributed by atoms with van der Waals surface area (Å²) in [4.78, 5) is 4.98. The highest BCUT2D eigenvalue weighted by Crippen LogP contribution is 2.30. The van der Waals surface area contributed by atoms with E-state index in [2.05, 4.69) is 106 Å². The highest BCUT2D eigenvalue weighted by atomic mass is 14.7. The van der Waals surface area contributed by atoms with Crippen LogP contribution in [0.15, 0.2) is 84.9 Å². The van der Waals surface area contributed by atoms with Crippen LogP contribution in [0.3, 0.4) is 0 Å². The maximum absolute atomic E-state index is 4.98. The molecule has 0 spiro atoms. The van der Waals surface area contributed by atoms with E-state index in [1.165, 1.54) is 27.8 Å². The Hall–Kier alpha value is -3.19. The second-order valence-electron chi connectivity index (χ2n) is 7.22. The molecule has 1 aromatic heterocycles. The molecule has 0 saturated carbocycles. The molecule has 0 atom stereocenters. The van der Waals surface area contributed by atoms with Crippen molar-refractivity contribution in [3.63, 3.8) is 0 Å². The number of rotatable bonds is 3. The van der Waals surface area contributed by atoms with E-state index < -0.39 is 0 Å². The highest BCUT2D eigenvalue weighted by Gasteiger charge is 2.09. The smallest absolute Gasteiger partial charge is 0.0715 e. The Balaban J connectivity index is 1.89. The minimum absolute atomic E-state index is 1.00. The molecule has 27 heavy (non-hydrogen) atoms. The molecule has 0 bridgehead atoms. The fourth-order valence-corrected chi connectivity index (χ4v) is 3.19. The monoisotopic (exact) mass is 349 g/mol. The third-order valence-electron chi connectivity index (χ3n) is 4.90. The van der Waals surface area contributed by atoms with Crippen molar-refractivity contribution in [1.29, 1.82) is 0 Å². The third kappa shape index (κ3) is 3.83. The predicted molar refractivity (Wildman–Crippen MR) is 115 cm³/mol. The molecule has 0 amide bonds. The minimum atomic E-state index is 1.00. The van der Waals surface area contributed by atoms with Crippen LogP contribution in [0, 0.1) is 20.8 Å². The van der Waals surface area contributed by atoms with Crippen molar-refractivity contribution in [2.24, 2.45) is 0 Å². The van der Waals surface area contributed by atoms with Crippen LogP contribution in [0.1, 0.15) is 16.7 Å². The molecular formula is C26H23N. The molecule has 1 nitrogen and oxygen atoms in total. The van der Waals surface area contributed by atoms with Crippen LogP contribution < -0.4 is 0 Å². The molecule has 0 aliphatic heterocycles. The number of pyridine rings is 1. The first kappa shape index (κ1) is 17.2. The van der Waals surface area contributed by atoms with Gasteiger partial charge in [0.2, 0.25) is 0 Å². The van der Waals surface area contributed by atoms with E-state index in [-0.39, 0.29) is 0 Å². The lowest BCUT2D eigenvalue weighted by Crippen LogP contribution is -1.91. The van der Waals surface area contributed by atoms with E-state index in [9.17, 15) is 0 Å². The number of hydrogen-bond donors (Lipinski definition) is 0. The molecule has 0 saturated heterocycles. The Morgan fingerprint density at radius 3 is 1.11 bits per heavy atom. The number of nitrogens with zero attached hydrogens (tertiary/aromatic N) is 1. The Bertz CT molecular complexity index is 903. The standard InChI is InChI=1S/C26H23N/c1-18-4-10-21(11-5-18)24-16-25(22-12-6-19(2)7-13-22)27-26(17-24)23-14-8-20(3)9-15-23/h4-17H,1-3H3. The number of hydrogen-bond acceptors (Lipinski definition) is 1. The van der Waals surface area contributed by atoms with Gasteiger partial charge in [0.15, 0.2) is 0 Å². The SMILES string of the molecule is Cc1ccc(-c2cc(-c3ccc(C)cc3)nc(-c3ccc(C)cc3)c2)cc1. The minimum Gasteiger partial charge on any atom is -0.248 e. The van der Waals surface area contributed by atoms with E-state index in [1.54, 1.807) is 0 Å². The second kappa shape index (κ2) is 7.20. The van der Waals surface area contributed by atoms with Gasteiger partial charge in [-0.05, 0) is 44.0 Å². The molecule has 132 valence electrons. The molecule has 3 aromatic carbocycles. The van der Waals surface area contributed by atoms with Crippen LogP contribution in [0.2, 0.25) is 0 Å². The Labute approximate surface area is 161 Å². The topological polar surface area (TPSA) is 12.9 Å². The maximum Gasteiger partial charge on any atom is 0.0715 e. The summed E-state index contributed by atoms with van der Waals surface area (Å²) in [5.74, 6) is 0. The van der Waals surface area contributed by atoms with Crippen molar-refractivity contribution in [1.82, 2.24) is 4.98 Å². The fourth-order valence-electron chi connectivity index (χ4n) is 3.19. The van der Waals surface area contributed by atoms with Crippen molar-refractivity contribution in [3.8, 4) is 33.6 Å². The summed E-state index contributed by atoms with van der Waals surface area (Å²) in [6.45, 7) is 6.33. The van der Waals surface area contributed by atoms with Gasteiger partial charge in [0.1, 0.15) is 0 Å². The molecule has 4 rings (SSSR count). The van der Waals surface area contributed by atoms with Gasteiger partial charge < -0.3 is 0 Å². The summed E-state index contributed by atoms with van der Waals surface area (Å²) in [5, 5.41) is 0. The van der Waals surface area contributed by atoms with E-state index >= 15 is 0 Å². The lowest BCUT2D eigenvalue weighted by molar-refractivity contribution is 1.31. The molecule has 0 aliphatic carbocycles. The molecule has 0 N–H and O–H groups in total. The van der Waals surface area contributed by atoms with Gasteiger partial charge in [-0.25, -0.2) is 4.98 Å². The van der Waals surface area contributed by atoms with Crippen molar-refractivity contribution in [3.05, 3.63) is 102 Å². The largest absolute Gasteiger partial charge is 0.248 e. The summed E-state index contributed by atoms with van der Waals surface area (Å²) in [6.07, 6.45) is 0. The zero-order valence-corrected chi connectivity index (χ0v) is 16.0. The van der Waals surface area contributed by atoms with E-state index in [1.807, 2.05) is 0 Å². The van der Waals surface area contributed by atoms with Gasteiger partial charge in [0, 0.05) is 11.1 Å². The lowest BCUT2D eigenvalue weighted by Gasteiger charge is -2.11. The molecule has 0 aliphatic rings. The van der Waals surface area contributed by atoms with Crippen LogP contribution in [0.4, 0.5) is 0 Å². The Kier molecular flexibility index (Phi) is 4.60. The van der Waals surface area contributed by atoms with Gasteiger partial charge in [-0.3, -0.25) is 0 Å². The summed E-state index contributed by atoms with van der Waals surface area (Å²) in [6, 6.07) is 30.2. The number of aromatic nitrogens is 1. The summed E-state index contributed by atoms with van der Waals surface area (Å²) < 4.78 is 0. The van der Waals surface area contributed by atoms with E-state index in [0.29, 0.717) is 0 Å². The Morgan fingerprint density at radius 1 is 0.407 bits per heavy atom. The first-order valence-electron chi connectivity index (χ1n) is 9.32. The molecule has 4 aromatic rings. The van der Waals surface area contributed by atoms with Gasteiger partial charge in [0.25, 0.3) is 0 Å². The van der Waals surface area contributed by atoms with Crippen LogP contribution in [0.25, 0.3) is 33.6 Å². The van der Waals surface area contributed by atoms with Gasteiger partial charge in [0.05, 0.1) is 11.4 Å². The van der Waals surface area contributed by atoms with Crippen LogP contribution in [-0.2, 0) is 0 Å². The summed E-state index contributed by atoms with van der Waals surface area (Å²) in [5.41, 5.74) is 10.5. The van der Waals surface area contributed by atoms with Gasteiger partial charge in [-0.15, -0.1) is 0 Å². The number of aryl methyl sites for hydroxylation is 3. The van der Waals surface area contributed by atoms with Crippen LogP contribution in [-0.4, -0.2) is 4.98 Å². The quantitative estimate of drug-likeness (QED) is 0.388. The van der Waals surface area contributed by atoms with Crippen LogP contribution in [0.5, 0.6) is 0 Å². The first-order chi connectivity index (χ1) is 13.1. The zero-order chi connectivity index (χ0) is 18.8. The average Bonchev–Trinajstić information content (AvgIpc) is 2.69. The second-order valence-corrected chi connectivity index (χ2v) is 7.22. The van der Waals surface area contributed by atoms with Crippen LogP contribution >= 0.6 is 0 Å². The summed E-state index contributed by atoms with van der Waals surface area (Å²) >= 11 is 0. The molecule has 1 heteroatoms. The van der Waals surface area contributed by atoms with E-state index in [4.69, 9.17) is 4.98 Å². The van der Waals surface area contributed by atoms with E-state index in [0.717, 1.165) is 22.5 Å². The first-order valence-corrected chi connectivity index (χ1v) is 9.32. The third-order valence-corrected chi connectivity index (χ3v) is 4.90. The predicted octanol–water partition coefficient (Wildman–Crippen LogP) is 7.01. The normalized spacial score (nSPS) is 10.8. The number of benzene rings is 3. The fraction of sp³-hybridized carbons (Fsp3) is 0.115. The maximum atomic E-state index is 4.98. The van der Waals surface area contributed by atoms with Gasteiger partial charge in [-0.1, -0.05) is 89.5 Å². The lowest BCUT2D eigenvalue weighted by atomic mass is 9.99.